The SMILES string of the molecule is CCC[O][Ti]([O]CCC)([O][Si](OC(C)(C)C)(OC(C)(C)C)OC(C)(C)C)[O][Si](OC(C)(C)C)(OC(C)(C)C)OC(C)(C)C. The minimum atomic E-state index is -5.07. The van der Waals surface area contributed by atoms with Gasteiger partial charge in [-0.25, -0.2) is 0 Å². The van der Waals surface area contributed by atoms with E-state index in [1.165, 1.54) is 0 Å². The molecule has 0 saturated heterocycles. The average Bonchev–Trinajstić information content (AvgIpc) is 2.61. The van der Waals surface area contributed by atoms with Gasteiger partial charge in [-0.05, 0) is 0 Å². The molecule has 0 aromatic carbocycles. The van der Waals surface area contributed by atoms with Crippen LogP contribution in [0.5, 0.6) is 0 Å². The fourth-order valence-corrected chi connectivity index (χ4v) is 16.7. The van der Waals surface area contributed by atoms with Gasteiger partial charge in [0.2, 0.25) is 0 Å². The summed E-state index contributed by atoms with van der Waals surface area (Å²) in [6.45, 7) is 39.3. The Balaban J connectivity index is 7.76. The Morgan fingerprint density at radius 3 is 0.698 bits per heavy atom. The first-order chi connectivity index (χ1) is 18.8. The van der Waals surface area contributed by atoms with E-state index in [-0.39, 0.29) is 0 Å². The van der Waals surface area contributed by atoms with Crippen LogP contribution in [0.15, 0.2) is 0 Å². The molecule has 0 aliphatic rings. The molecule has 0 fully saturated rings. The van der Waals surface area contributed by atoms with Gasteiger partial charge in [0.1, 0.15) is 0 Å². The molecule has 0 amide bonds. The first-order valence-corrected chi connectivity index (χ1v) is 21.5. The molecule has 0 aliphatic carbocycles. The molecule has 0 N–H and O–H groups in total. The molecule has 260 valence electrons. The molecule has 0 aromatic heterocycles. The molecular weight excluding hydrogens is 624 g/mol. The molecule has 0 radical (unpaired) electrons. The van der Waals surface area contributed by atoms with Crippen molar-refractivity contribution in [2.75, 3.05) is 13.2 Å². The Bertz CT molecular complexity index is 666. The molecule has 0 saturated carbocycles. The Kier molecular flexibility index (Phi) is 16.0. The molecule has 0 heterocycles. The second-order valence-electron chi connectivity index (χ2n) is 16.7. The van der Waals surface area contributed by atoms with Crippen molar-refractivity contribution in [1.29, 1.82) is 0 Å². The standard InChI is InChI=1S/2C12H27O4Si.2C3H7O.Ti/c2*1-10(2,3)14-17(13,15-11(4,5)6)16-12(7,8)9;2*1-2-3-4;/h2*1-9H3;2*2-3H2,1H3;/q4*-1;+4. The zero-order valence-corrected chi connectivity index (χ0v) is 35.0. The zero-order valence-electron chi connectivity index (χ0n) is 31.4. The van der Waals surface area contributed by atoms with Crippen LogP contribution >= 0.6 is 0 Å². The van der Waals surface area contributed by atoms with Crippen LogP contribution in [0.4, 0.5) is 0 Å². The topological polar surface area (TPSA) is 92.3 Å². The van der Waals surface area contributed by atoms with E-state index in [9.17, 15) is 0 Å². The van der Waals surface area contributed by atoms with Crippen LogP contribution in [0.25, 0.3) is 0 Å². The first-order valence-electron chi connectivity index (χ1n) is 15.7. The van der Waals surface area contributed by atoms with Crippen LogP contribution in [0.2, 0.25) is 0 Å². The summed E-state index contributed by atoms with van der Waals surface area (Å²) < 4.78 is 67.4. The zero-order chi connectivity index (χ0) is 34.4. The van der Waals surface area contributed by atoms with Crippen LogP contribution in [0.3, 0.4) is 0 Å². The summed E-state index contributed by atoms with van der Waals surface area (Å²) in [6.07, 6.45) is 1.36. The normalized spacial score (nSPS) is 15.3. The van der Waals surface area contributed by atoms with Crippen LogP contribution in [-0.2, 0) is 57.3 Å². The van der Waals surface area contributed by atoms with E-state index in [0.29, 0.717) is 26.1 Å². The van der Waals surface area contributed by atoms with Crippen molar-refractivity contribution in [3.8, 4) is 0 Å². The first kappa shape index (κ1) is 43.7. The Labute approximate surface area is 272 Å². The van der Waals surface area contributed by atoms with Crippen molar-refractivity contribution in [2.24, 2.45) is 0 Å². The van der Waals surface area contributed by atoms with E-state index < -0.39 is 69.8 Å². The van der Waals surface area contributed by atoms with Crippen molar-refractivity contribution >= 4 is 18.1 Å². The van der Waals surface area contributed by atoms with Crippen molar-refractivity contribution in [1.82, 2.24) is 0 Å². The Morgan fingerprint density at radius 2 is 0.558 bits per heavy atom. The maximum absolute atomic E-state index is 7.04. The molecule has 0 aliphatic heterocycles. The van der Waals surface area contributed by atoms with Crippen LogP contribution < -0.4 is 0 Å². The van der Waals surface area contributed by atoms with Crippen LogP contribution in [-0.4, -0.2) is 64.9 Å². The molecule has 0 spiro atoms. The van der Waals surface area contributed by atoms with Crippen molar-refractivity contribution in [3.63, 3.8) is 0 Å². The Hall–Kier alpha value is 0.748. The van der Waals surface area contributed by atoms with Crippen molar-refractivity contribution in [3.05, 3.63) is 0 Å². The molecule has 13 heteroatoms. The van der Waals surface area contributed by atoms with Gasteiger partial charge >= 0.3 is 274 Å². The van der Waals surface area contributed by atoms with Gasteiger partial charge in [0.05, 0.1) is 0 Å². The van der Waals surface area contributed by atoms with Gasteiger partial charge in [-0.1, -0.05) is 0 Å². The third-order valence-corrected chi connectivity index (χ3v) is 16.7. The van der Waals surface area contributed by atoms with Gasteiger partial charge in [-0.2, -0.15) is 0 Å². The van der Waals surface area contributed by atoms with E-state index in [4.69, 9.17) is 39.2 Å². The van der Waals surface area contributed by atoms with Gasteiger partial charge in [-0.3, -0.25) is 0 Å². The summed E-state index contributed by atoms with van der Waals surface area (Å²) in [5.74, 6) is 0. The average molecular weight is 693 g/mol. The quantitative estimate of drug-likeness (QED) is 0.147. The summed E-state index contributed by atoms with van der Waals surface area (Å²) in [4.78, 5) is 0. The van der Waals surface area contributed by atoms with Crippen LogP contribution in [0, 0.1) is 0 Å². The molecular formula is C30H68O10Si2Ti. The second-order valence-corrected chi connectivity index (χ2v) is 24.7. The molecule has 0 atom stereocenters. The second kappa shape index (κ2) is 15.8. The molecule has 10 nitrogen and oxygen atoms in total. The van der Waals surface area contributed by atoms with E-state index in [1.54, 1.807) is 0 Å². The number of hydrogen-bond acceptors (Lipinski definition) is 10. The Morgan fingerprint density at radius 1 is 0.372 bits per heavy atom. The fraction of sp³-hybridized carbons (Fsp3) is 1.00. The minimum absolute atomic E-state index is 0.291. The van der Waals surface area contributed by atoms with Gasteiger partial charge < -0.3 is 0 Å². The molecule has 43 heavy (non-hydrogen) atoms. The molecule has 0 aromatic rings. The van der Waals surface area contributed by atoms with Gasteiger partial charge in [0, 0.05) is 0 Å². The van der Waals surface area contributed by atoms with E-state index >= 15 is 0 Å². The summed E-state index contributed by atoms with van der Waals surface area (Å²) in [5.41, 5.74) is -4.29. The predicted molar refractivity (Wildman–Crippen MR) is 171 cm³/mol. The summed E-state index contributed by atoms with van der Waals surface area (Å²) in [6, 6.07) is 0. The number of hydrogen-bond donors (Lipinski definition) is 0. The van der Waals surface area contributed by atoms with Crippen molar-refractivity contribution in [2.45, 2.75) is 185 Å². The monoisotopic (exact) mass is 692 g/mol. The van der Waals surface area contributed by atoms with Gasteiger partial charge in [0.15, 0.2) is 0 Å². The van der Waals surface area contributed by atoms with Gasteiger partial charge in [-0.15, -0.1) is 0 Å². The molecule has 0 bridgehead atoms. The fourth-order valence-electron chi connectivity index (χ4n) is 3.44. The predicted octanol–water partition coefficient (Wildman–Crippen LogP) is 8.45. The van der Waals surface area contributed by atoms with E-state index in [0.717, 1.165) is 0 Å². The number of rotatable bonds is 16. The van der Waals surface area contributed by atoms with E-state index in [2.05, 4.69) is 0 Å². The van der Waals surface area contributed by atoms with Crippen molar-refractivity contribution < 1.29 is 57.3 Å². The molecule has 0 unspecified atom stereocenters. The summed E-state index contributed by atoms with van der Waals surface area (Å²) in [7, 11) is -8.30. The van der Waals surface area contributed by atoms with Gasteiger partial charge in [0.25, 0.3) is 0 Å². The molecule has 0 rings (SSSR count). The maximum atomic E-state index is 7.04. The summed E-state index contributed by atoms with van der Waals surface area (Å²) >= 11 is -5.07. The third-order valence-electron chi connectivity index (χ3n) is 4.05. The van der Waals surface area contributed by atoms with Crippen LogP contribution in [0.1, 0.15) is 151 Å². The third kappa shape index (κ3) is 20.6. The summed E-state index contributed by atoms with van der Waals surface area (Å²) in [5, 5.41) is 0. The van der Waals surface area contributed by atoms with E-state index in [1.807, 2.05) is 138 Å².